The molecule has 0 aliphatic heterocycles. The number of pyridine rings is 1. The molecule has 3 aromatic rings. The minimum absolute atomic E-state index is 0.00675. The van der Waals surface area contributed by atoms with Crippen LogP contribution in [0.5, 0.6) is 0 Å². The SMILES string of the molecule is CC(C)=C(C)c1nn2ccccc2c1-c1ccc(=O)n(C(C)C)n1. The van der Waals surface area contributed by atoms with Crippen LogP contribution in [0.4, 0.5) is 0 Å². The first-order valence-electron chi connectivity index (χ1n) is 8.12. The molecular weight excluding hydrogens is 300 g/mol. The maximum absolute atomic E-state index is 12.0. The van der Waals surface area contributed by atoms with Gasteiger partial charge in [-0.3, -0.25) is 4.79 Å². The van der Waals surface area contributed by atoms with E-state index in [1.165, 1.54) is 10.3 Å². The standard InChI is InChI=1S/C19H22N4O/c1-12(2)14(5)19-18(16-8-6-7-11-22(16)21-19)15-9-10-17(24)23(20-15)13(3)4/h6-11,13H,1-5H3. The second-order valence-corrected chi connectivity index (χ2v) is 6.47. The van der Waals surface area contributed by atoms with Gasteiger partial charge >= 0.3 is 0 Å². The molecule has 0 radical (unpaired) electrons. The number of nitrogens with zero attached hydrogens (tertiary/aromatic N) is 4. The predicted octanol–water partition coefficient (Wildman–Crippen LogP) is 3.95. The summed E-state index contributed by atoms with van der Waals surface area (Å²) >= 11 is 0. The first kappa shape index (κ1) is 16.2. The van der Waals surface area contributed by atoms with E-state index in [4.69, 9.17) is 5.10 Å². The van der Waals surface area contributed by atoms with Crippen LogP contribution in [0, 0.1) is 0 Å². The summed E-state index contributed by atoms with van der Waals surface area (Å²) in [6, 6.07) is 9.33. The minimum Gasteiger partial charge on any atom is -0.268 e. The van der Waals surface area contributed by atoms with Gasteiger partial charge in [0.1, 0.15) is 0 Å². The average Bonchev–Trinajstić information content (AvgIpc) is 2.93. The highest BCUT2D eigenvalue weighted by molar-refractivity contribution is 5.88. The summed E-state index contributed by atoms with van der Waals surface area (Å²) in [4.78, 5) is 12.0. The maximum atomic E-state index is 12.0. The van der Waals surface area contributed by atoms with Crippen molar-refractivity contribution in [3.05, 3.63) is 58.1 Å². The summed E-state index contributed by atoms with van der Waals surface area (Å²) in [5.74, 6) is 0. The molecule has 3 rings (SSSR count). The Morgan fingerprint density at radius 1 is 1.04 bits per heavy atom. The van der Waals surface area contributed by atoms with Crippen molar-refractivity contribution in [3.63, 3.8) is 0 Å². The van der Waals surface area contributed by atoms with Gasteiger partial charge < -0.3 is 0 Å². The monoisotopic (exact) mass is 322 g/mol. The molecule has 0 amide bonds. The number of hydrogen-bond donors (Lipinski definition) is 0. The molecule has 0 aliphatic rings. The van der Waals surface area contributed by atoms with Crippen molar-refractivity contribution in [2.45, 2.75) is 40.7 Å². The topological polar surface area (TPSA) is 52.2 Å². The normalized spacial score (nSPS) is 11.2. The fourth-order valence-electron chi connectivity index (χ4n) is 2.68. The third kappa shape index (κ3) is 2.66. The second kappa shape index (κ2) is 6.07. The summed E-state index contributed by atoms with van der Waals surface area (Å²) < 4.78 is 3.38. The van der Waals surface area contributed by atoms with Crippen molar-refractivity contribution < 1.29 is 0 Å². The number of allylic oxidation sites excluding steroid dienone is 2. The molecule has 5 heteroatoms. The summed E-state index contributed by atoms with van der Waals surface area (Å²) in [5, 5.41) is 9.33. The average molecular weight is 322 g/mol. The van der Waals surface area contributed by atoms with Gasteiger partial charge in [-0.15, -0.1) is 0 Å². The van der Waals surface area contributed by atoms with Gasteiger partial charge in [0.25, 0.3) is 5.56 Å². The Kier molecular flexibility index (Phi) is 4.09. The van der Waals surface area contributed by atoms with E-state index >= 15 is 0 Å². The van der Waals surface area contributed by atoms with Crippen LogP contribution >= 0.6 is 0 Å². The van der Waals surface area contributed by atoms with Gasteiger partial charge in [0, 0.05) is 12.3 Å². The van der Waals surface area contributed by atoms with Crippen molar-refractivity contribution in [2.75, 3.05) is 0 Å². The van der Waals surface area contributed by atoms with Crippen LogP contribution in [0.2, 0.25) is 0 Å². The Labute approximate surface area is 141 Å². The zero-order valence-corrected chi connectivity index (χ0v) is 14.7. The number of fused-ring (bicyclic) bond motifs is 1. The fraction of sp³-hybridized carbons (Fsp3) is 0.316. The lowest BCUT2D eigenvalue weighted by Crippen LogP contribution is -2.23. The lowest BCUT2D eigenvalue weighted by Gasteiger charge is -2.11. The summed E-state index contributed by atoms with van der Waals surface area (Å²) in [6.45, 7) is 10.1. The van der Waals surface area contributed by atoms with Crippen molar-refractivity contribution >= 4 is 11.1 Å². The molecule has 0 saturated heterocycles. The van der Waals surface area contributed by atoms with Gasteiger partial charge in [0.15, 0.2) is 0 Å². The van der Waals surface area contributed by atoms with E-state index in [2.05, 4.69) is 25.9 Å². The van der Waals surface area contributed by atoms with E-state index in [0.717, 1.165) is 28.0 Å². The third-order valence-corrected chi connectivity index (χ3v) is 4.22. The van der Waals surface area contributed by atoms with Crippen LogP contribution in [0.3, 0.4) is 0 Å². The van der Waals surface area contributed by atoms with Gasteiger partial charge in [0.2, 0.25) is 0 Å². The molecular formula is C19H22N4O. The number of rotatable bonds is 3. The van der Waals surface area contributed by atoms with Gasteiger partial charge in [-0.25, -0.2) is 9.20 Å². The maximum Gasteiger partial charge on any atom is 0.267 e. The lowest BCUT2D eigenvalue weighted by molar-refractivity contribution is 0.505. The van der Waals surface area contributed by atoms with Crippen LogP contribution in [-0.4, -0.2) is 19.4 Å². The molecule has 0 fully saturated rings. The van der Waals surface area contributed by atoms with E-state index in [-0.39, 0.29) is 11.6 Å². The molecule has 3 heterocycles. The quantitative estimate of drug-likeness (QED) is 0.733. The smallest absolute Gasteiger partial charge is 0.267 e. The van der Waals surface area contributed by atoms with E-state index in [1.54, 1.807) is 12.1 Å². The molecule has 3 aromatic heterocycles. The molecule has 0 aromatic carbocycles. The van der Waals surface area contributed by atoms with Crippen LogP contribution in [-0.2, 0) is 0 Å². The summed E-state index contributed by atoms with van der Waals surface area (Å²) in [6.07, 6.45) is 1.93. The zero-order chi connectivity index (χ0) is 17.4. The van der Waals surface area contributed by atoms with Crippen molar-refractivity contribution in [1.82, 2.24) is 19.4 Å². The molecule has 124 valence electrons. The van der Waals surface area contributed by atoms with Crippen molar-refractivity contribution in [3.8, 4) is 11.3 Å². The Balaban J connectivity index is 2.37. The Morgan fingerprint density at radius 2 is 1.79 bits per heavy atom. The lowest BCUT2D eigenvalue weighted by atomic mass is 10.0. The highest BCUT2D eigenvalue weighted by atomic mass is 16.1. The van der Waals surface area contributed by atoms with Crippen molar-refractivity contribution in [2.24, 2.45) is 0 Å². The second-order valence-electron chi connectivity index (χ2n) is 6.47. The zero-order valence-electron chi connectivity index (χ0n) is 14.7. The molecule has 0 bridgehead atoms. The Morgan fingerprint density at radius 3 is 2.46 bits per heavy atom. The largest absolute Gasteiger partial charge is 0.268 e. The van der Waals surface area contributed by atoms with Gasteiger partial charge in [-0.1, -0.05) is 11.6 Å². The minimum atomic E-state index is -0.0919. The van der Waals surface area contributed by atoms with E-state index in [0.29, 0.717) is 0 Å². The van der Waals surface area contributed by atoms with Gasteiger partial charge in [-0.05, 0) is 58.4 Å². The summed E-state index contributed by atoms with van der Waals surface area (Å²) in [5.41, 5.74) is 5.85. The van der Waals surface area contributed by atoms with Crippen LogP contribution < -0.4 is 5.56 Å². The molecule has 0 N–H and O–H groups in total. The third-order valence-electron chi connectivity index (χ3n) is 4.22. The van der Waals surface area contributed by atoms with E-state index < -0.39 is 0 Å². The van der Waals surface area contributed by atoms with E-state index in [9.17, 15) is 4.79 Å². The highest BCUT2D eigenvalue weighted by Gasteiger charge is 2.18. The van der Waals surface area contributed by atoms with Gasteiger partial charge in [-0.2, -0.15) is 10.2 Å². The first-order chi connectivity index (χ1) is 11.4. The molecule has 0 aliphatic carbocycles. The molecule has 0 spiro atoms. The Hall–Kier alpha value is -2.69. The van der Waals surface area contributed by atoms with Crippen LogP contribution in [0.1, 0.15) is 46.4 Å². The van der Waals surface area contributed by atoms with E-state index in [1.807, 2.05) is 42.8 Å². The summed E-state index contributed by atoms with van der Waals surface area (Å²) in [7, 11) is 0. The number of aromatic nitrogens is 4. The first-order valence-corrected chi connectivity index (χ1v) is 8.12. The highest BCUT2D eigenvalue weighted by Crippen LogP contribution is 2.32. The molecule has 0 atom stereocenters. The predicted molar refractivity (Wildman–Crippen MR) is 97.0 cm³/mol. The molecule has 24 heavy (non-hydrogen) atoms. The molecule has 5 nitrogen and oxygen atoms in total. The van der Waals surface area contributed by atoms with Crippen molar-refractivity contribution in [1.29, 1.82) is 0 Å². The fourth-order valence-corrected chi connectivity index (χ4v) is 2.68. The molecule has 0 saturated carbocycles. The van der Waals surface area contributed by atoms with Crippen LogP contribution in [0.15, 0.2) is 46.9 Å². The number of hydrogen-bond acceptors (Lipinski definition) is 3. The van der Waals surface area contributed by atoms with Gasteiger partial charge in [0.05, 0.1) is 28.5 Å². The molecule has 0 unspecified atom stereocenters. The Bertz CT molecular complexity index is 988. The van der Waals surface area contributed by atoms with Crippen LogP contribution in [0.25, 0.3) is 22.3 Å².